The molecule has 0 aliphatic carbocycles. The first kappa shape index (κ1) is 18.2. The zero-order chi connectivity index (χ0) is 20.0. The van der Waals surface area contributed by atoms with Crippen LogP contribution in [0, 0.1) is 5.92 Å². The summed E-state index contributed by atoms with van der Waals surface area (Å²) >= 11 is 0. The number of aromatic nitrogens is 2. The van der Waals surface area contributed by atoms with E-state index in [9.17, 15) is 9.90 Å². The van der Waals surface area contributed by atoms with Crippen LogP contribution in [-0.2, 0) is 12.8 Å². The van der Waals surface area contributed by atoms with Crippen LogP contribution < -0.4 is 19.7 Å². The summed E-state index contributed by atoms with van der Waals surface area (Å²) in [6, 6.07) is 5.79. The van der Waals surface area contributed by atoms with Crippen LogP contribution in [0.1, 0.15) is 40.8 Å². The van der Waals surface area contributed by atoms with E-state index in [1.54, 1.807) is 0 Å². The largest absolute Gasteiger partial charge is 0.454 e. The van der Waals surface area contributed by atoms with E-state index in [0.717, 1.165) is 41.5 Å². The lowest BCUT2D eigenvalue weighted by Crippen LogP contribution is -2.44. The third-order valence-electron chi connectivity index (χ3n) is 5.87. The minimum absolute atomic E-state index is 0.146. The number of anilines is 1. The number of hydrogen-bond donors (Lipinski definition) is 2. The number of ether oxygens (including phenoxy) is 2. The maximum absolute atomic E-state index is 12.5. The van der Waals surface area contributed by atoms with Crippen molar-refractivity contribution < 1.29 is 19.4 Å². The topological polar surface area (TPSA) is 96.8 Å². The van der Waals surface area contributed by atoms with E-state index in [1.807, 2.05) is 25.1 Å². The van der Waals surface area contributed by atoms with E-state index in [1.165, 1.54) is 0 Å². The molecule has 0 bridgehead atoms. The van der Waals surface area contributed by atoms with Gasteiger partial charge in [0, 0.05) is 31.6 Å². The molecule has 2 atom stereocenters. The highest BCUT2D eigenvalue weighted by molar-refractivity contribution is 5.96. The van der Waals surface area contributed by atoms with E-state index >= 15 is 0 Å². The fourth-order valence-corrected chi connectivity index (χ4v) is 4.22. The molecule has 1 saturated heterocycles. The maximum Gasteiger partial charge on any atom is 0.270 e. The van der Waals surface area contributed by atoms with E-state index in [4.69, 9.17) is 14.5 Å². The van der Waals surface area contributed by atoms with Gasteiger partial charge in [0.1, 0.15) is 17.3 Å². The van der Waals surface area contributed by atoms with Crippen LogP contribution in [0.25, 0.3) is 0 Å². The Balaban J connectivity index is 1.51. The van der Waals surface area contributed by atoms with E-state index in [-0.39, 0.29) is 24.7 Å². The van der Waals surface area contributed by atoms with E-state index in [2.05, 4.69) is 15.2 Å². The van der Waals surface area contributed by atoms with Gasteiger partial charge in [-0.2, -0.15) is 0 Å². The van der Waals surface area contributed by atoms with Crippen LogP contribution in [-0.4, -0.2) is 53.5 Å². The highest BCUT2D eigenvalue weighted by atomic mass is 16.7. The van der Waals surface area contributed by atoms with Crippen molar-refractivity contribution in [1.29, 1.82) is 0 Å². The Kier molecular flexibility index (Phi) is 4.50. The van der Waals surface area contributed by atoms with E-state index in [0.29, 0.717) is 37.3 Å². The molecule has 1 aromatic carbocycles. The number of aliphatic hydroxyl groups is 1. The van der Waals surface area contributed by atoms with Gasteiger partial charge in [0.15, 0.2) is 11.5 Å². The summed E-state index contributed by atoms with van der Waals surface area (Å²) in [6.07, 6.45) is 1.62. The maximum atomic E-state index is 12.5. The Labute approximate surface area is 168 Å². The highest BCUT2D eigenvalue weighted by Crippen LogP contribution is 2.33. The summed E-state index contributed by atoms with van der Waals surface area (Å²) in [5, 5.41) is 13.0. The van der Waals surface area contributed by atoms with Gasteiger partial charge in [0.05, 0.1) is 6.10 Å². The van der Waals surface area contributed by atoms with Crippen LogP contribution in [0.2, 0.25) is 0 Å². The number of hydrogen-bond acceptors (Lipinski definition) is 7. The molecule has 5 rings (SSSR count). The Morgan fingerprint density at radius 2 is 2.14 bits per heavy atom. The van der Waals surface area contributed by atoms with Crippen LogP contribution in [0.3, 0.4) is 0 Å². The number of benzene rings is 1. The number of carbonyl (C=O) groups excluding carboxylic acids is 1. The Bertz CT molecular complexity index is 964. The predicted molar refractivity (Wildman–Crippen MR) is 105 cm³/mol. The number of amides is 1. The lowest BCUT2D eigenvalue weighted by Gasteiger charge is -2.37. The van der Waals surface area contributed by atoms with Crippen molar-refractivity contribution in [3.63, 3.8) is 0 Å². The molecule has 0 spiro atoms. The summed E-state index contributed by atoms with van der Waals surface area (Å²) < 4.78 is 10.8. The SMILES string of the molecule is C[C@H]1CN(c2nc(Cc3ccc4c(c3)OCO4)nc3c2CCNC3=O)CC[C@H]1O. The van der Waals surface area contributed by atoms with Crippen molar-refractivity contribution in [3.05, 3.63) is 40.8 Å². The quantitative estimate of drug-likeness (QED) is 0.807. The van der Waals surface area contributed by atoms with Gasteiger partial charge in [0.2, 0.25) is 6.79 Å². The first-order valence-electron chi connectivity index (χ1n) is 10.1. The van der Waals surface area contributed by atoms with Gasteiger partial charge in [-0.15, -0.1) is 0 Å². The average Bonchev–Trinajstić information content (AvgIpc) is 3.18. The lowest BCUT2D eigenvalue weighted by atomic mass is 9.95. The van der Waals surface area contributed by atoms with Crippen molar-refractivity contribution in [2.24, 2.45) is 5.92 Å². The molecular formula is C21H24N4O4. The van der Waals surface area contributed by atoms with Crippen molar-refractivity contribution in [2.75, 3.05) is 31.3 Å². The second kappa shape index (κ2) is 7.18. The third kappa shape index (κ3) is 3.37. The molecule has 4 heterocycles. The molecule has 0 saturated carbocycles. The van der Waals surface area contributed by atoms with Gasteiger partial charge in [-0.05, 0) is 36.5 Å². The van der Waals surface area contributed by atoms with Crippen LogP contribution >= 0.6 is 0 Å². The van der Waals surface area contributed by atoms with Crippen molar-refractivity contribution in [1.82, 2.24) is 15.3 Å². The summed E-state index contributed by atoms with van der Waals surface area (Å²) in [5.74, 6) is 2.90. The zero-order valence-corrected chi connectivity index (χ0v) is 16.4. The Hall–Kier alpha value is -2.87. The van der Waals surface area contributed by atoms with Gasteiger partial charge in [-0.3, -0.25) is 4.79 Å². The number of fused-ring (bicyclic) bond motifs is 2. The number of nitrogens with one attached hydrogen (secondary N) is 1. The molecule has 29 heavy (non-hydrogen) atoms. The molecule has 8 nitrogen and oxygen atoms in total. The molecule has 2 N–H and O–H groups in total. The molecule has 8 heteroatoms. The lowest BCUT2D eigenvalue weighted by molar-refractivity contribution is 0.0934. The Morgan fingerprint density at radius 1 is 1.28 bits per heavy atom. The molecule has 2 aromatic rings. The summed E-state index contributed by atoms with van der Waals surface area (Å²) in [6.45, 7) is 4.31. The second-order valence-corrected chi connectivity index (χ2v) is 7.94. The number of rotatable bonds is 3. The summed E-state index contributed by atoms with van der Waals surface area (Å²) in [5.41, 5.74) is 2.38. The highest BCUT2D eigenvalue weighted by Gasteiger charge is 2.30. The minimum Gasteiger partial charge on any atom is -0.454 e. The fourth-order valence-electron chi connectivity index (χ4n) is 4.22. The molecule has 0 radical (unpaired) electrons. The van der Waals surface area contributed by atoms with Gasteiger partial charge < -0.3 is 24.8 Å². The molecule has 1 fully saturated rings. The minimum atomic E-state index is -0.291. The van der Waals surface area contributed by atoms with Crippen molar-refractivity contribution in [2.45, 2.75) is 32.3 Å². The molecule has 0 unspecified atom stereocenters. The van der Waals surface area contributed by atoms with Crippen molar-refractivity contribution in [3.8, 4) is 11.5 Å². The first-order chi connectivity index (χ1) is 14.1. The standard InChI is InChI=1S/C21H24N4O4/c1-12-10-25(7-5-15(12)26)20-14-4-6-22-21(27)19(14)23-18(24-20)9-13-2-3-16-17(8-13)29-11-28-16/h2-3,8,12,15,26H,4-7,9-11H2,1H3,(H,22,27)/t12-,15+/m0/s1. The monoisotopic (exact) mass is 396 g/mol. The van der Waals surface area contributed by atoms with Crippen LogP contribution in [0.4, 0.5) is 5.82 Å². The molecule has 1 aromatic heterocycles. The third-order valence-corrected chi connectivity index (χ3v) is 5.87. The van der Waals surface area contributed by atoms with Crippen LogP contribution in [0.15, 0.2) is 18.2 Å². The number of nitrogens with zero attached hydrogens (tertiary/aromatic N) is 3. The molecule has 152 valence electrons. The number of carbonyl (C=O) groups is 1. The second-order valence-electron chi connectivity index (χ2n) is 7.94. The number of aliphatic hydroxyl groups excluding tert-OH is 1. The zero-order valence-electron chi connectivity index (χ0n) is 16.4. The predicted octanol–water partition coefficient (Wildman–Crippen LogP) is 1.29. The molecule has 3 aliphatic heterocycles. The molecular weight excluding hydrogens is 372 g/mol. The van der Waals surface area contributed by atoms with Gasteiger partial charge in [0.25, 0.3) is 5.91 Å². The normalized spacial score (nSPS) is 23.0. The van der Waals surface area contributed by atoms with Gasteiger partial charge in [-0.1, -0.05) is 13.0 Å². The van der Waals surface area contributed by atoms with Gasteiger partial charge in [-0.25, -0.2) is 9.97 Å². The van der Waals surface area contributed by atoms with Crippen LogP contribution in [0.5, 0.6) is 11.5 Å². The molecule has 3 aliphatic rings. The van der Waals surface area contributed by atoms with E-state index < -0.39 is 0 Å². The summed E-state index contributed by atoms with van der Waals surface area (Å²) in [7, 11) is 0. The molecule has 1 amide bonds. The number of piperidine rings is 1. The Morgan fingerprint density at radius 3 is 3.00 bits per heavy atom. The average molecular weight is 396 g/mol. The van der Waals surface area contributed by atoms with Gasteiger partial charge >= 0.3 is 0 Å². The summed E-state index contributed by atoms with van der Waals surface area (Å²) in [4.78, 5) is 24.2. The smallest absolute Gasteiger partial charge is 0.270 e. The fraction of sp³-hybridized carbons (Fsp3) is 0.476. The van der Waals surface area contributed by atoms with Crippen molar-refractivity contribution >= 4 is 11.7 Å². The first-order valence-corrected chi connectivity index (χ1v) is 10.1.